The average Bonchev–Trinajstić information content (AvgIpc) is 2.87. The van der Waals surface area contributed by atoms with Crippen LogP contribution in [0.1, 0.15) is 48.9 Å². The zero-order valence-corrected chi connectivity index (χ0v) is 14.3. The van der Waals surface area contributed by atoms with Gasteiger partial charge in [0, 0.05) is 12.1 Å². The second-order valence-corrected chi connectivity index (χ2v) is 5.90. The van der Waals surface area contributed by atoms with Crippen molar-refractivity contribution in [1.82, 2.24) is 5.32 Å². The zero-order valence-electron chi connectivity index (χ0n) is 14.3. The van der Waals surface area contributed by atoms with E-state index in [1.165, 1.54) is 27.1 Å². The Balaban J connectivity index is 1.87. The van der Waals surface area contributed by atoms with E-state index in [9.17, 15) is 9.59 Å². The van der Waals surface area contributed by atoms with Crippen LogP contribution in [0.2, 0.25) is 0 Å². The Hall–Kier alpha value is -2.24. The number of hydrogen-bond donors (Lipinski definition) is 1. The molecule has 1 aliphatic carbocycles. The van der Waals surface area contributed by atoms with E-state index in [0.29, 0.717) is 11.5 Å². The Morgan fingerprint density at radius 1 is 1.08 bits per heavy atom. The van der Waals surface area contributed by atoms with Crippen LogP contribution in [0, 0.1) is 0 Å². The molecule has 2 rings (SSSR count). The van der Waals surface area contributed by atoms with Crippen LogP contribution >= 0.6 is 0 Å². The van der Waals surface area contributed by atoms with E-state index in [1.807, 2.05) is 0 Å². The minimum absolute atomic E-state index is 0.189. The smallest absolute Gasteiger partial charge is 0.342 e. The molecule has 0 saturated heterocycles. The first-order valence-electron chi connectivity index (χ1n) is 8.32. The van der Waals surface area contributed by atoms with Gasteiger partial charge in [-0.1, -0.05) is 25.7 Å². The van der Waals surface area contributed by atoms with Crippen molar-refractivity contribution in [3.05, 3.63) is 23.8 Å². The summed E-state index contributed by atoms with van der Waals surface area (Å²) in [4.78, 5) is 24.1. The van der Waals surface area contributed by atoms with Gasteiger partial charge in [0.15, 0.2) is 6.61 Å². The number of carbonyl (C=O) groups is 2. The third-order valence-corrected chi connectivity index (χ3v) is 4.18. The van der Waals surface area contributed by atoms with Crippen molar-refractivity contribution in [2.75, 3.05) is 20.8 Å². The van der Waals surface area contributed by atoms with E-state index in [2.05, 4.69) is 5.32 Å². The quantitative estimate of drug-likeness (QED) is 0.639. The van der Waals surface area contributed by atoms with Crippen molar-refractivity contribution in [1.29, 1.82) is 0 Å². The fourth-order valence-corrected chi connectivity index (χ4v) is 2.87. The maximum absolute atomic E-state index is 12.2. The fourth-order valence-electron chi connectivity index (χ4n) is 2.87. The molecule has 0 bridgehead atoms. The van der Waals surface area contributed by atoms with Gasteiger partial charge in [0.1, 0.15) is 17.1 Å². The summed E-state index contributed by atoms with van der Waals surface area (Å²) in [7, 11) is 2.99. The summed E-state index contributed by atoms with van der Waals surface area (Å²) in [5, 5.41) is 2.95. The van der Waals surface area contributed by atoms with Gasteiger partial charge in [0.2, 0.25) is 0 Å². The Labute approximate surface area is 142 Å². The number of nitrogens with one attached hydrogen (secondary N) is 1. The van der Waals surface area contributed by atoms with Crippen LogP contribution in [0.5, 0.6) is 11.5 Å². The summed E-state index contributed by atoms with van der Waals surface area (Å²) in [6, 6.07) is 4.99. The number of hydrogen-bond acceptors (Lipinski definition) is 5. The van der Waals surface area contributed by atoms with Gasteiger partial charge in [-0.15, -0.1) is 0 Å². The number of benzene rings is 1. The van der Waals surface area contributed by atoms with Crippen LogP contribution < -0.4 is 14.8 Å². The summed E-state index contributed by atoms with van der Waals surface area (Å²) in [5.74, 6) is 0.0753. The van der Waals surface area contributed by atoms with Crippen molar-refractivity contribution < 1.29 is 23.8 Å². The van der Waals surface area contributed by atoms with Gasteiger partial charge in [-0.05, 0) is 25.0 Å². The molecule has 0 heterocycles. The van der Waals surface area contributed by atoms with Gasteiger partial charge in [0.05, 0.1) is 14.2 Å². The molecule has 0 atom stereocenters. The lowest BCUT2D eigenvalue weighted by Gasteiger charge is -2.16. The van der Waals surface area contributed by atoms with Gasteiger partial charge >= 0.3 is 5.97 Å². The van der Waals surface area contributed by atoms with Crippen molar-refractivity contribution in [3.8, 4) is 11.5 Å². The molecule has 0 spiro atoms. The number of rotatable bonds is 6. The topological polar surface area (TPSA) is 73.9 Å². The molecule has 6 nitrogen and oxygen atoms in total. The molecule has 0 radical (unpaired) electrons. The normalized spacial score (nSPS) is 15.2. The second-order valence-electron chi connectivity index (χ2n) is 5.90. The first-order chi connectivity index (χ1) is 11.6. The van der Waals surface area contributed by atoms with Crippen LogP contribution in [-0.2, 0) is 9.53 Å². The van der Waals surface area contributed by atoms with E-state index < -0.39 is 5.97 Å². The molecule has 1 aliphatic rings. The summed E-state index contributed by atoms with van der Waals surface area (Å²) >= 11 is 0. The molecule has 1 saturated carbocycles. The molecule has 132 valence electrons. The SMILES string of the molecule is COc1ccc(C(=O)OCC(=O)NC2CCCCCC2)c(OC)c1. The predicted octanol–water partition coefficient (Wildman–Crippen LogP) is 2.70. The van der Waals surface area contributed by atoms with Gasteiger partial charge < -0.3 is 19.5 Å². The van der Waals surface area contributed by atoms with Crippen molar-refractivity contribution in [3.63, 3.8) is 0 Å². The highest BCUT2D eigenvalue weighted by atomic mass is 16.5. The molecule has 1 fully saturated rings. The summed E-state index contributed by atoms with van der Waals surface area (Å²) < 4.78 is 15.4. The lowest BCUT2D eigenvalue weighted by molar-refractivity contribution is -0.125. The molecule has 0 aliphatic heterocycles. The number of methoxy groups -OCH3 is 2. The van der Waals surface area contributed by atoms with Crippen LogP contribution in [0.4, 0.5) is 0 Å². The van der Waals surface area contributed by atoms with Gasteiger partial charge in [0.25, 0.3) is 5.91 Å². The molecular formula is C18H25NO5. The minimum atomic E-state index is -0.592. The zero-order chi connectivity index (χ0) is 17.4. The van der Waals surface area contributed by atoms with E-state index >= 15 is 0 Å². The lowest BCUT2D eigenvalue weighted by atomic mass is 10.1. The molecule has 1 aromatic carbocycles. The molecule has 24 heavy (non-hydrogen) atoms. The summed E-state index contributed by atoms with van der Waals surface area (Å²) in [6.45, 7) is -0.287. The Bertz CT molecular complexity index is 565. The summed E-state index contributed by atoms with van der Waals surface area (Å²) in [5.41, 5.74) is 0.264. The van der Waals surface area contributed by atoms with E-state index in [0.717, 1.165) is 25.7 Å². The van der Waals surface area contributed by atoms with Crippen molar-refractivity contribution in [2.45, 2.75) is 44.6 Å². The van der Waals surface area contributed by atoms with E-state index in [1.54, 1.807) is 18.2 Å². The molecule has 1 N–H and O–H groups in total. The molecule has 6 heteroatoms. The minimum Gasteiger partial charge on any atom is -0.497 e. The van der Waals surface area contributed by atoms with E-state index in [-0.39, 0.29) is 24.1 Å². The van der Waals surface area contributed by atoms with Crippen LogP contribution in [0.25, 0.3) is 0 Å². The standard InChI is InChI=1S/C18H25NO5/c1-22-14-9-10-15(16(11-14)23-2)18(21)24-12-17(20)19-13-7-5-3-4-6-8-13/h9-11,13H,3-8,12H2,1-2H3,(H,19,20). The number of esters is 1. The third-order valence-electron chi connectivity index (χ3n) is 4.18. The first kappa shape index (κ1) is 18.1. The molecule has 0 aromatic heterocycles. The monoisotopic (exact) mass is 335 g/mol. The van der Waals surface area contributed by atoms with Crippen LogP contribution in [0.3, 0.4) is 0 Å². The average molecular weight is 335 g/mol. The Kier molecular flexibility index (Phi) is 6.90. The molecule has 0 unspecified atom stereocenters. The van der Waals surface area contributed by atoms with Crippen LogP contribution in [0.15, 0.2) is 18.2 Å². The van der Waals surface area contributed by atoms with Crippen LogP contribution in [-0.4, -0.2) is 38.7 Å². The maximum Gasteiger partial charge on any atom is 0.342 e. The Morgan fingerprint density at radius 3 is 2.42 bits per heavy atom. The van der Waals surface area contributed by atoms with Gasteiger partial charge in [-0.3, -0.25) is 4.79 Å². The highest BCUT2D eigenvalue weighted by Gasteiger charge is 2.18. The second kappa shape index (κ2) is 9.15. The largest absolute Gasteiger partial charge is 0.497 e. The maximum atomic E-state index is 12.2. The predicted molar refractivity (Wildman–Crippen MR) is 89.5 cm³/mol. The summed E-state index contributed by atoms with van der Waals surface area (Å²) in [6.07, 6.45) is 6.69. The van der Waals surface area contributed by atoms with Crippen molar-refractivity contribution >= 4 is 11.9 Å². The fraction of sp³-hybridized carbons (Fsp3) is 0.556. The van der Waals surface area contributed by atoms with E-state index in [4.69, 9.17) is 14.2 Å². The molecule has 1 amide bonds. The highest BCUT2D eigenvalue weighted by Crippen LogP contribution is 2.25. The molecular weight excluding hydrogens is 310 g/mol. The van der Waals surface area contributed by atoms with Gasteiger partial charge in [-0.2, -0.15) is 0 Å². The highest BCUT2D eigenvalue weighted by molar-refractivity contribution is 5.94. The van der Waals surface area contributed by atoms with Gasteiger partial charge in [-0.25, -0.2) is 4.79 Å². The molecule has 1 aromatic rings. The third kappa shape index (κ3) is 5.15. The lowest BCUT2D eigenvalue weighted by Crippen LogP contribution is -2.37. The van der Waals surface area contributed by atoms with Crippen molar-refractivity contribution in [2.24, 2.45) is 0 Å². The number of amides is 1. The number of ether oxygens (including phenoxy) is 3. The number of carbonyl (C=O) groups excluding carboxylic acids is 2. The first-order valence-corrected chi connectivity index (χ1v) is 8.32. The Morgan fingerprint density at radius 2 is 1.79 bits per heavy atom.